The third kappa shape index (κ3) is 5.58. The molecule has 4 nitrogen and oxygen atoms in total. The molecule has 3 aromatic heterocycles. The second-order valence-electron chi connectivity index (χ2n) is 17.4. The van der Waals surface area contributed by atoms with Gasteiger partial charge in [-0.1, -0.05) is 127 Å². The summed E-state index contributed by atoms with van der Waals surface area (Å²) in [6.07, 6.45) is 0. The predicted octanol–water partition coefficient (Wildman–Crippen LogP) is 16.4. The summed E-state index contributed by atoms with van der Waals surface area (Å²) in [7, 11) is 0. The van der Waals surface area contributed by atoms with Gasteiger partial charge >= 0.3 is 0 Å². The van der Waals surface area contributed by atoms with Crippen LogP contribution in [0.4, 0.5) is 0 Å². The second kappa shape index (κ2) is 14.3. The Balaban J connectivity index is 1.11. The lowest BCUT2D eigenvalue weighted by atomic mass is 10.1. The number of fused-ring (bicyclic) bond motifs is 12. The molecule has 14 rings (SSSR count). The second-order valence-corrected chi connectivity index (χ2v) is 17.4. The molecule has 0 aliphatic heterocycles. The van der Waals surface area contributed by atoms with Crippen LogP contribution < -0.4 is 0 Å². The summed E-state index contributed by atoms with van der Waals surface area (Å²) in [5, 5.41) is 12.0. The minimum absolute atomic E-state index is 1.09. The van der Waals surface area contributed by atoms with Crippen LogP contribution in [0.3, 0.4) is 0 Å². The molecule has 0 spiro atoms. The van der Waals surface area contributed by atoms with Crippen molar-refractivity contribution in [3.05, 3.63) is 243 Å². The van der Waals surface area contributed by atoms with Gasteiger partial charge in [-0.15, -0.1) is 0 Å². The minimum Gasteiger partial charge on any atom is -0.310 e. The average molecular weight is 841 g/mol. The number of para-hydroxylation sites is 2. The Bertz CT molecular complexity index is 4340. The molecule has 66 heavy (non-hydrogen) atoms. The number of rotatable bonds is 4. The average Bonchev–Trinajstić information content (AvgIpc) is 3.88. The molecule has 0 fully saturated rings. The molecular formula is C62H40N4. The van der Waals surface area contributed by atoms with Gasteiger partial charge in [-0.25, -0.2) is 0 Å². The van der Waals surface area contributed by atoms with Crippen LogP contribution in [0.2, 0.25) is 0 Å². The molecule has 0 aliphatic rings. The van der Waals surface area contributed by atoms with Crippen LogP contribution in [-0.2, 0) is 0 Å². The number of nitrogens with zero attached hydrogens (tertiary/aromatic N) is 4. The molecule has 0 N–H and O–H groups in total. The molecular weight excluding hydrogens is 801 g/mol. The maximum absolute atomic E-state index is 2.44. The normalized spacial score (nSPS) is 11.9. The van der Waals surface area contributed by atoms with Crippen molar-refractivity contribution in [1.29, 1.82) is 0 Å². The Morgan fingerprint density at radius 3 is 1.39 bits per heavy atom. The lowest BCUT2D eigenvalue weighted by Crippen LogP contribution is -1.98. The first kappa shape index (κ1) is 36.6. The maximum atomic E-state index is 2.44. The van der Waals surface area contributed by atoms with E-state index in [1.54, 1.807) is 0 Å². The van der Waals surface area contributed by atoms with Gasteiger partial charge < -0.3 is 18.3 Å². The number of benzene rings is 11. The topological polar surface area (TPSA) is 19.7 Å². The SMILES string of the molecule is c1ccc(-n2c3ccc4cc3c3cc(ccc32)n(-c2ccc3c(c2)c2ccccc2n3-c2cccc3ccccc23)c2cccc(c2)c2cccc(c2)n4-c2ccc3ccccc3c2)cc1. The molecule has 0 saturated carbocycles. The van der Waals surface area contributed by atoms with E-state index in [9.17, 15) is 0 Å². The van der Waals surface area contributed by atoms with E-state index in [1.165, 1.54) is 59.8 Å². The van der Waals surface area contributed by atoms with Crippen LogP contribution >= 0.6 is 0 Å². The number of hydrogen-bond donors (Lipinski definition) is 0. The van der Waals surface area contributed by atoms with Gasteiger partial charge in [0, 0.05) is 66.1 Å². The Hall–Kier alpha value is -8.86. The van der Waals surface area contributed by atoms with Crippen molar-refractivity contribution >= 4 is 98.0 Å². The first-order valence-corrected chi connectivity index (χ1v) is 22.7. The first-order valence-electron chi connectivity index (χ1n) is 22.7. The quantitative estimate of drug-likeness (QED) is 0.168. The van der Waals surface area contributed by atoms with E-state index in [1.807, 2.05) is 0 Å². The molecule has 14 aromatic rings. The van der Waals surface area contributed by atoms with Crippen molar-refractivity contribution in [2.45, 2.75) is 0 Å². The third-order valence-electron chi connectivity index (χ3n) is 13.7. The van der Waals surface area contributed by atoms with Crippen molar-refractivity contribution in [3.63, 3.8) is 0 Å². The minimum atomic E-state index is 1.09. The Labute approximate surface area is 380 Å². The highest BCUT2D eigenvalue weighted by Gasteiger charge is 2.18. The smallest absolute Gasteiger partial charge is 0.0542 e. The van der Waals surface area contributed by atoms with Gasteiger partial charge in [-0.2, -0.15) is 0 Å². The first-order chi connectivity index (χ1) is 32.7. The zero-order valence-electron chi connectivity index (χ0n) is 35.9. The fourth-order valence-electron chi connectivity index (χ4n) is 10.8. The summed E-state index contributed by atoms with van der Waals surface area (Å²) in [6, 6.07) is 89.4. The summed E-state index contributed by atoms with van der Waals surface area (Å²) in [6.45, 7) is 0. The van der Waals surface area contributed by atoms with Gasteiger partial charge in [0.25, 0.3) is 0 Å². The highest BCUT2D eigenvalue weighted by Crippen LogP contribution is 2.39. The van der Waals surface area contributed by atoms with Gasteiger partial charge in [0.05, 0.1) is 27.8 Å². The summed E-state index contributed by atoms with van der Waals surface area (Å²) >= 11 is 0. The van der Waals surface area contributed by atoms with E-state index in [0.717, 1.165) is 60.9 Å². The Morgan fingerprint density at radius 1 is 0.197 bits per heavy atom. The van der Waals surface area contributed by atoms with Crippen molar-refractivity contribution in [3.8, 4) is 22.7 Å². The largest absolute Gasteiger partial charge is 0.310 e. The Morgan fingerprint density at radius 2 is 0.667 bits per heavy atom. The summed E-state index contributed by atoms with van der Waals surface area (Å²) in [4.78, 5) is 0. The lowest BCUT2D eigenvalue weighted by molar-refractivity contribution is 1.15. The van der Waals surface area contributed by atoms with Crippen molar-refractivity contribution in [1.82, 2.24) is 18.3 Å². The molecule has 0 saturated heterocycles. The van der Waals surface area contributed by atoms with E-state index in [2.05, 4.69) is 261 Å². The molecule has 0 amide bonds. The number of aromatic nitrogens is 4. The number of hydrogen-bond acceptors (Lipinski definition) is 0. The summed E-state index contributed by atoms with van der Waals surface area (Å²) < 4.78 is 9.71. The van der Waals surface area contributed by atoms with Gasteiger partial charge in [-0.05, 0) is 142 Å². The molecule has 8 bridgehead atoms. The molecule has 0 atom stereocenters. The van der Waals surface area contributed by atoms with Crippen molar-refractivity contribution in [2.75, 3.05) is 0 Å². The molecule has 11 aromatic carbocycles. The fraction of sp³-hybridized carbons (Fsp3) is 0. The standard InChI is InChI=1S/C62H40N4/c1-2-19-46(20-3-1)65-60-32-29-51-39-56(60)57-40-52(30-33-61(57)65)64(48-22-11-18-45(37-48)44-17-10-21-47(36-44)63(51)49-28-27-41-13-4-5-15-43(41)35-49)50-31-34-62-55(38-50)54-24-8-9-25-59(54)66(62)58-26-12-16-42-14-6-7-23-53(42)58/h1-40H. The highest BCUT2D eigenvalue weighted by molar-refractivity contribution is 6.13. The zero-order chi connectivity index (χ0) is 43.3. The summed E-state index contributed by atoms with van der Waals surface area (Å²) in [5.74, 6) is 0. The molecule has 4 heteroatoms. The third-order valence-corrected chi connectivity index (χ3v) is 13.7. The van der Waals surface area contributed by atoms with Gasteiger partial charge in [-0.3, -0.25) is 0 Å². The lowest BCUT2D eigenvalue weighted by Gasteiger charge is -2.14. The van der Waals surface area contributed by atoms with E-state index in [0.29, 0.717) is 0 Å². The Kier molecular flexibility index (Phi) is 7.95. The fourth-order valence-corrected chi connectivity index (χ4v) is 10.8. The van der Waals surface area contributed by atoms with Crippen molar-refractivity contribution in [2.24, 2.45) is 0 Å². The van der Waals surface area contributed by atoms with Crippen LogP contribution in [0.1, 0.15) is 0 Å². The molecule has 3 heterocycles. The van der Waals surface area contributed by atoms with Crippen LogP contribution in [0.25, 0.3) is 121 Å². The van der Waals surface area contributed by atoms with Crippen LogP contribution in [0.5, 0.6) is 0 Å². The molecule has 0 aliphatic carbocycles. The van der Waals surface area contributed by atoms with Crippen molar-refractivity contribution < 1.29 is 0 Å². The summed E-state index contributed by atoms with van der Waals surface area (Å²) in [5.41, 5.74) is 13.6. The van der Waals surface area contributed by atoms with Crippen LogP contribution in [0, 0.1) is 0 Å². The van der Waals surface area contributed by atoms with Crippen LogP contribution in [0.15, 0.2) is 243 Å². The molecule has 0 unspecified atom stereocenters. The highest BCUT2D eigenvalue weighted by atomic mass is 15.0. The van der Waals surface area contributed by atoms with E-state index in [-0.39, 0.29) is 0 Å². The van der Waals surface area contributed by atoms with E-state index in [4.69, 9.17) is 0 Å². The van der Waals surface area contributed by atoms with E-state index < -0.39 is 0 Å². The molecule has 308 valence electrons. The monoisotopic (exact) mass is 840 g/mol. The predicted molar refractivity (Wildman–Crippen MR) is 279 cm³/mol. The van der Waals surface area contributed by atoms with Gasteiger partial charge in [0.15, 0.2) is 0 Å². The van der Waals surface area contributed by atoms with Gasteiger partial charge in [0.1, 0.15) is 0 Å². The van der Waals surface area contributed by atoms with E-state index >= 15 is 0 Å². The maximum Gasteiger partial charge on any atom is 0.0542 e. The zero-order valence-corrected chi connectivity index (χ0v) is 35.9. The van der Waals surface area contributed by atoms with Gasteiger partial charge in [0.2, 0.25) is 0 Å². The molecule has 0 radical (unpaired) electrons. The van der Waals surface area contributed by atoms with Crippen LogP contribution in [-0.4, -0.2) is 18.3 Å².